The number of hydrogen-bond donors (Lipinski definition) is 1. The van der Waals surface area contributed by atoms with Gasteiger partial charge in [-0.1, -0.05) is 12.2 Å². The Morgan fingerprint density at radius 1 is 1.20 bits per heavy atom. The molecule has 0 atom stereocenters. The fourth-order valence-electron chi connectivity index (χ4n) is 0.589. The van der Waals surface area contributed by atoms with Gasteiger partial charge in [0.2, 0.25) is 0 Å². The Bertz CT molecular complexity index is 83.6. The maximum absolute atomic E-state index is 5.38. The minimum absolute atomic E-state index is 0. The van der Waals surface area contributed by atoms with E-state index >= 15 is 0 Å². The van der Waals surface area contributed by atoms with E-state index in [1.165, 1.54) is 0 Å². The van der Waals surface area contributed by atoms with E-state index in [0.717, 1.165) is 13.1 Å². The zero-order valence-corrected chi connectivity index (χ0v) is 6.94. The fourth-order valence-corrected chi connectivity index (χ4v) is 0.589. The molecular formula is C7H15ClN2. The summed E-state index contributed by atoms with van der Waals surface area (Å²) in [5, 5.41) is 0. The first-order valence-corrected chi connectivity index (χ1v) is 2.99. The summed E-state index contributed by atoms with van der Waals surface area (Å²) < 4.78 is 0. The molecule has 0 rings (SSSR count). The Kier molecular flexibility index (Phi) is 10.8. The highest BCUT2D eigenvalue weighted by atomic mass is 35.5. The van der Waals surface area contributed by atoms with Crippen LogP contribution in [0.2, 0.25) is 0 Å². The number of halogens is 1. The van der Waals surface area contributed by atoms with Crippen LogP contribution in [0.25, 0.3) is 0 Å². The summed E-state index contributed by atoms with van der Waals surface area (Å²) >= 11 is 0. The molecule has 0 aliphatic carbocycles. The number of nitrogens with zero attached hydrogens (tertiary/aromatic N) is 1. The third-order valence-corrected chi connectivity index (χ3v) is 1.03. The lowest BCUT2D eigenvalue weighted by atomic mass is 10.5. The molecule has 0 aromatic rings. The van der Waals surface area contributed by atoms with Gasteiger partial charge in [0.1, 0.15) is 0 Å². The minimum Gasteiger partial charge on any atom is -0.318 e. The second-order valence-electron chi connectivity index (χ2n) is 1.80. The molecule has 0 bridgehead atoms. The fraction of sp³-hybridized carbons (Fsp3) is 0.429. The van der Waals surface area contributed by atoms with E-state index in [-0.39, 0.29) is 12.4 Å². The zero-order valence-electron chi connectivity index (χ0n) is 6.12. The van der Waals surface area contributed by atoms with Crippen molar-refractivity contribution in [1.29, 1.82) is 0 Å². The number of nitrogens with two attached hydrogens (primary N) is 1. The summed E-state index contributed by atoms with van der Waals surface area (Å²) in [5.41, 5.74) is 5.38. The molecule has 0 fully saturated rings. The van der Waals surface area contributed by atoms with Crippen molar-refractivity contribution in [1.82, 2.24) is 4.90 Å². The standard InChI is InChI=1S/C7H14N2.ClH/c1-3-5-9(7-8)6-4-2;/h3-4H,1-2,5-8H2;1H. The van der Waals surface area contributed by atoms with E-state index in [1.807, 2.05) is 17.1 Å². The van der Waals surface area contributed by atoms with Gasteiger partial charge in [-0.2, -0.15) is 0 Å². The highest BCUT2D eigenvalue weighted by Gasteiger charge is 1.92. The number of hydrogen-bond acceptors (Lipinski definition) is 2. The first-order chi connectivity index (χ1) is 4.35. The molecule has 0 unspecified atom stereocenters. The first kappa shape index (κ1) is 12.4. The lowest BCUT2D eigenvalue weighted by molar-refractivity contribution is 0.346. The predicted octanol–water partition coefficient (Wildman–Crippen LogP) is 0.998. The van der Waals surface area contributed by atoms with Gasteiger partial charge in [-0.25, -0.2) is 0 Å². The highest BCUT2D eigenvalue weighted by Crippen LogP contribution is 1.83. The Hall–Kier alpha value is -0.310. The average Bonchev–Trinajstić information content (AvgIpc) is 1.88. The first-order valence-electron chi connectivity index (χ1n) is 2.99. The van der Waals surface area contributed by atoms with Gasteiger partial charge < -0.3 is 5.73 Å². The molecule has 0 aromatic heterocycles. The van der Waals surface area contributed by atoms with Gasteiger partial charge in [-0.3, -0.25) is 4.90 Å². The van der Waals surface area contributed by atoms with Crippen LogP contribution in [0, 0.1) is 0 Å². The lowest BCUT2D eigenvalue weighted by Crippen LogP contribution is -2.30. The van der Waals surface area contributed by atoms with Gasteiger partial charge in [-0.15, -0.1) is 25.6 Å². The second-order valence-corrected chi connectivity index (χ2v) is 1.80. The largest absolute Gasteiger partial charge is 0.318 e. The average molecular weight is 163 g/mol. The zero-order chi connectivity index (χ0) is 7.11. The van der Waals surface area contributed by atoms with Gasteiger partial charge in [0, 0.05) is 19.8 Å². The Morgan fingerprint density at radius 3 is 1.80 bits per heavy atom. The Labute approximate surface area is 68.8 Å². The molecule has 2 nitrogen and oxygen atoms in total. The van der Waals surface area contributed by atoms with Crippen molar-refractivity contribution in [2.45, 2.75) is 0 Å². The van der Waals surface area contributed by atoms with E-state index in [2.05, 4.69) is 13.2 Å². The van der Waals surface area contributed by atoms with E-state index in [9.17, 15) is 0 Å². The highest BCUT2D eigenvalue weighted by molar-refractivity contribution is 5.85. The van der Waals surface area contributed by atoms with E-state index in [1.54, 1.807) is 0 Å². The third-order valence-electron chi connectivity index (χ3n) is 1.03. The van der Waals surface area contributed by atoms with E-state index in [0.29, 0.717) is 6.67 Å². The van der Waals surface area contributed by atoms with Gasteiger partial charge in [0.05, 0.1) is 0 Å². The van der Waals surface area contributed by atoms with Crippen LogP contribution >= 0.6 is 12.4 Å². The van der Waals surface area contributed by atoms with Crippen molar-refractivity contribution in [3.05, 3.63) is 25.3 Å². The molecule has 0 saturated carbocycles. The lowest BCUT2D eigenvalue weighted by Gasteiger charge is -2.14. The minimum atomic E-state index is 0. The maximum Gasteiger partial charge on any atom is 0.0461 e. The molecule has 3 heteroatoms. The van der Waals surface area contributed by atoms with Crippen molar-refractivity contribution in [2.75, 3.05) is 19.8 Å². The van der Waals surface area contributed by atoms with Gasteiger partial charge >= 0.3 is 0 Å². The molecule has 60 valence electrons. The maximum atomic E-state index is 5.38. The quantitative estimate of drug-likeness (QED) is 0.483. The smallest absolute Gasteiger partial charge is 0.0461 e. The summed E-state index contributed by atoms with van der Waals surface area (Å²) in [7, 11) is 0. The Balaban J connectivity index is 0. The van der Waals surface area contributed by atoms with Crippen molar-refractivity contribution in [2.24, 2.45) is 5.73 Å². The summed E-state index contributed by atoms with van der Waals surface area (Å²) in [4.78, 5) is 2.03. The third kappa shape index (κ3) is 5.82. The molecule has 0 aliphatic rings. The van der Waals surface area contributed by atoms with Crippen LogP contribution in [0.4, 0.5) is 0 Å². The van der Waals surface area contributed by atoms with E-state index in [4.69, 9.17) is 5.73 Å². The van der Waals surface area contributed by atoms with Crippen molar-refractivity contribution in [3.8, 4) is 0 Å². The molecule has 0 saturated heterocycles. The molecule has 0 heterocycles. The topological polar surface area (TPSA) is 29.3 Å². The Morgan fingerprint density at radius 2 is 1.60 bits per heavy atom. The normalized spacial score (nSPS) is 8.60. The van der Waals surface area contributed by atoms with Crippen LogP contribution in [-0.2, 0) is 0 Å². The van der Waals surface area contributed by atoms with Crippen LogP contribution in [0.1, 0.15) is 0 Å². The molecule has 10 heavy (non-hydrogen) atoms. The van der Waals surface area contributed by atoms with Crippen molar-refractivity contribution < 1.29 is 0 Å². The second kappa shape index (κ2) is 8.69. The SMILES string of the molecule is C=CCN(CN)CC=C.Cl. The molecule has 2 N–H and O–H groups in total. The van der Waals surface area contributed by atoms with Crippen LogP contribution in [-0.4, -0.2) is 24.7 Å². The van der Waals surface area contributed by atoms with Crippen LogP contribution < -0.4 is 5.73 Å². The summed E-state index contributed by atoms with van der Waals surface area (Å²) in [5.74, 6) is 0. The predicted molar refractivity (Wildman–Crippen MR) is 48.3 cm³/mol. The van der Waals surface area contributed by atoms with Gasteiger partial charge in [0.25, 0.3) is 0 Å². The van der Waals surface area contributed by atoms with E-state index < -0.39 is 0 Å². The monoisotopic (exact) mass is 162 g/mol. The molecule has 0 radical (unpaired) electrons. The van der Waals surface area contributed by atoms with Crippen molar-refractivity contribution >= 4 is 12.4 Å². The van der Waals surface area contributed by atoms with Gasteiger partial charge in [0.15, 0.2) is 0 Å². The summed E-state index contributed by atoms with van der Waals surface area (Å²) in [6, 6.07) is 0. The van der Waals surface area contributed by atoms with Crippen molar-refractivity contribution in [3.63, 3.8) is 0 Å². The molecular weight excluding hydrogens is 148 g/mol. The molecule has 0 aromatic carbocycles. The van der Waals surface area contributed by atoms with Crippen LogP contribution in [0.3, 0.4) is 0 Å². The molecule has 0 amide bonds. The summed E-state index contributed by atoms with van der Waals surface area (Å²) in [6.07, 6.45) is 3.66. The van der Waals surface area contributed by atoms with Gasteiger partial charge in [-0.05, 0) is 0 Å². The molecule has 0 aliphatic heterocycles. The molecule has 0 spiro atoms. The van der Waals surface area contributed by atoms with Crippen LogP contribution in [0.15, 0.2) is 25.3 Å². The number of rotatable bonds is 5. The summed E-state index contributed by atoms with van der Waals surface area (Å²) in [6.45, 7) is 9.44. The van der Waals surface area contributed by atoms with Crippen LogP contribution in [0.5, 0.6) is 0 Å².